The second-order valence-corrected chi connectivity index (χ2v) is 6.40. The topological polar surface area (TPSA) is 96.3 Å². The SMILES string of the molecule is COc1ccc(OCC(=O)N=Nc2c(O)[nH]c3ccc(C)cc23)c(Br)c1. The highest BCUT2D eigenvalue weighted by atomic mass is 79.9. The first-order valence-electron chi connectivity index (χ1n) is 7.70. The summed E-state index contributed by atoms with van der Waals surface area (Å²) in [6.07, 6.45) is 0. The molecule has 0 aliphatic rings. The third kappa shape index (κ3) is 3.85. The number of aromatic amines is 1. The lowest BCUT2D eigenvalue weighted by atomic mass is 10.2. The average molecular weight is 418 g/mol. The molecule has 3 rings (SSSR count). The van der Waals surface area contributed by atoms with Crippen LogP contribution in [0.1, 0.15) is 5.56 Å². The normalized spacial score (nSPS) is 11.2. The van der Waals surface area contributed by atoms with Crippen LogP contribution >= 0.6 is 15.9 Å². The number of aryl methyl sites for hydroxylation is 1. The fourth-order valence-electron chi connectivity index (χ4n) is 2.38. The highest BCUT2D eigenvalue weighted by molar-refractivity contribution is 9.10. The molecule has 134 valence electrons. The Morgan fingerprint density at radius 3 is 2.81 bits per heavy atom. The molecule has 2 aromatic carbocycles. The summed E-state index contributed by atoms with van der Waals surface area (Å²) in [7, 11) is 1.56. The summed E-state index contributed by atoms with van der Waals surface area (Å²) in [6.45, 7) is 1.65. The van der Waals surface area contributed by atoms with Gasteiger partial charge in [-0.2, -0.15) is 0 Å². The number of azo groups is 1. The van der Waals surface area contributed by atoms with Gasteiger partial charge in [0, 0.05) is 5.39 Å². The molecule has 8 heteroatoms. The van der Waals surface area contributed by atoms with E-state index in [9.17, 15) is 9.90 Å². The zero-order valence-electron chi connectivity index (χ0n) is 14.1. The summed E-state index contributed by atoms with van der Waals surface area (Å²) in [5, 5.41) is 18.2. The van der Waals surface area contributed by atoms with Crippen LogP contribution in [0.15, 0.2) is 51.1 Å². The number of methoxy groups -OCH3 is 1. The molecule has 26 heavy (non-hydrogen) atoms. The number of benzene rings is 2. The Kier molecular flexibility index (Phi) is 5.22. The zero-order valence-corrected chi connectivity index (χ0v) is 15.7. The van der Waals surface area contributed by atoms with Crippen LogP contribution in [-0.4, -0.2) is 29.7 Å². The maximum absolute atomic E-state index is 11.9. The number of ether oxygens (including phenoxy) is 2. The molecule has 0 bridgehead atoms. The zero-order chi connectivity index (χ0) is 18.7. The number of hydrogen-bond donors (Lipinski definition) is 2. The van der Waals surface area contributed by atoms with E-state index < -0.39 is 5.91 Å². The van der Waals surface area contributed by atoms with Gasteiger partial charge in [0.25, 0.3) is 0 Å². The average Bonchev–Trinajstić information content (AvgIpc) is 2.93. The number of aromatic nitrogens is 1. The molecule has 0 saturated heterocycles. The monoisotopic (exact) mass is 417 g/mol. The second-order valence-electron chi connectivity index (χ2n) is 5.55. The van der Waals surface area contributed by atoms with Gasteiger partial charge in [-0.25, -0.2) is 0 Å². The molecule has 3 aromatic rings. The lowest BCUT2D eigenvalue weighted by molar-refractivity contribution is -0.120. The molecular weight excluding hydrogens is 402 g/mol. The van der Waals surface area contributed by atoms with Gasteiger partial charge in [0.1, 0.15) is 11.5 Å². The minimum atomic E-state index is -0.575. The fourth-order valence-corrected chi connectivity index (χ4v) is 2.85. The van der Waals surface area contributed by atoms with Crippen molar-refractivity contribution in [1.29, 1.82) is 0 Å². The van der Waals surface area contributed by atoms with Gasteiger partial charge < -0.3 is 19.6 Å². The molecular formula is C18H16BrN3O4. The summed E-state index contributed by atoms with van der Waals surface area (Å²) in [5.41, 5.74) is 1.95. The van der Waals surface area contributed by atoms with Gasteiger partial charge in [-0.15, -0.1) is 10.2 Å². The van der Waals surface area contributed by atoms with Crippen LogP contribution in [0.2, 0.25) is 0 Å². The van der Waals surface area contributed by atoms with Crippen molar-refractivity contribution in [2.75, 3.05) is 13.7 Å². The summed E-state index contributed by atoms with van der Waals surface area (Å²) >= 11 is 3.34. The Hall–Kier alpha value is -2.87. The van der Waals surface area contributed by atoms with Crippen molar-refractivity contribution in [3.05, 3.63) is 46.4 Å². The van der Waals surface area contributed by atoms with Gasteiger partial charge in [-0.05, 0) is 53.2 Å². The number of amides is 1. The highest BCUT2D eigenvalue weighted by Gasteiger charge is 2.12. The van der Waals surface area contributed by atoms with E-state index in [0.29, 0.717) is 26.9 Å². The van der Waals surface area contributed by atoms with Crippen molar-refractivity contribution >= 4 is 38.4 Å². The van der Waals surface area contributed by atoms with Crippen LogP contribution in [0.25, 0.3) is 10.9 Å². The molecule has 0 unspecified atom stereocenters. The molecule has 1 aromatic heterocycles. The van der Waals surface area contributed by atoms with Crippen molar-refractivity contribution in [1.82, 2.24) is 4.98 Å². The number of nitrogens with one attached hydrogen (secondary N) is 1. The number of rotatable bonds is 5. The van der Waals surface area contributed by atoms with Gasteiger partial charge in [0.05, 0.1) is 17.1 Å². The third-order valence-corrected chi connectivity index (χ3v) is 4.28. The summed E-state index contributed by atoms with van der Waals surface area (Å²) in [6, 6.07) is 10.7. The first kappa shape index (κ1) is 17.9. The Morgan fingerprint density at radius 2 is 2.08 bits per heavy atom. The number of H-pyrrole nitrogens is 1. The number of aromatic hydroxyl groups is 1. The molecule has 0 atom stereocenters. The quantitative estimate of drug-likeness (QED) is 0.590. The van der Waals surface area contributed by atoms with Crippen molar-refractivity contribution in [2.45, 2.75) is 6.92 Å². The molecule has 0 radical (unpaired) electrons. The molecule has 7 nitrogen and oxygen atoms in total. The van der Waals surface area contributed by atoms with Gasteiger partial charge in [0.15, 0.2) is 12.3 Å². The predicted octanol–water partition coefficient (Wildman–Crippen LogP) is 4.64. The molecule has 0 saturated carbocycles. The number of carbonyl (C=O) groups is 1. The van der Waals surface area contributed by atoms with E-state index in [-0.39, 0.29) is 18.2 Å². The van der Waals surface area contributed by atoms with Crippen molar-refractivity contribution < 1.29 is 19.4 Å². The maximum atomic E-state index is 11.9. The summed E-state index contributed by atoms with van der Waals surface area (Å²) < 4.78 is 11.2. The molecule has 0 aliphatic carbocycles. The van der Waals surface area contributed by atoms with Gasteiger partial charge in [-0.1, -0.05) is 11.6 Å². The van der Waals surface area contributed by atoms with Gasteiger partial charge >= 0.3 is 5.91 Å². The predicted molar refractivity (Wildman–Crippen MR) is 100 cm³/mol. The first-order valence-corrected chi connectivity index (χ1v) is 8.49. The van der Waals surface area contributed by atoms with E-state index in [1.807, 2.05) is 25.1 Å². The fraction of sp³-hybridized carbons (Fsp3) is 0.167. The van der Waals surface area contributed by atoms with Crippen molar-refractivity contribution in [3.63, 3.8) is 0 Å². The largest absolute Gasteiger partial charge is 0.497 e. The minimum absolute atomic E-state index is 0.138. The molecule has 1 amide bonds. The number of hydrogen-bond acceptors (Lipinski definition) is 5. The molecule has 2 N–H and O–H groups in total. The van der Waals surface area contributed by atoms with Crippen LogP contribution < -0.4 is 9.47 Å². The minimum Gasteiger partial charge on any atom is -0.497 e. The maximum Gasteiger partial charge on any atom is 0.302 e. The van der Waals surface area contributed by atoms with Gasteiger partial charge in [-0.3, -0.25) is 4.79 Å². The Morgan fingerprint density at radius 1 is 1.27 bits per heavy atom. The van der Waals surface area contributed by atoms with E-state index in [0.717, 1.165) is 5.56 Å². The van der Waals surface area contributed by atoms with Crippen LogP contribution in [0, 0.1) is 6.92 Å². The lowest BCUT2D eigenvalue weighted by Gasteiger charge is -2.07. The Bertz CT molecular complexity index is 998. The molecule has 1 heterocycles. The number of fused-ring (bicyclic) bond motifs is 1. The van der Waals surface area contributed by atoms with E-state index in [4.69, 9.17) is 9.47 Å². The van der Waals surface area contributed by atoms with E-state index in [1.165, 1.54) is 0 Å². The molecule has 0 aliphatic heterocycles. The van der Waals surface area contributed by atoms with Crippen LogP contribution in [-0.2, 0) is 4.79 Å². The highest BCUT2D eigenvalue weighted by Crippen LogP contribution is 2.36. The van der Waals surface area contributed by atoms with Crippen molar-refractivity contribution in [2.24, 2.45) is 10.2 Å². The number of carbonyl (C=O) groups excluding carboxylic acids is 1. The first-order chi connectivity index (χ1) is 12.5. The lowest BCUT2D eigenvalue weighted by Crippen LogP contribution is -2.08. The van der Waals surface area contributed by atoms with E-state index in [1.54, 1.807) is 25.3 Å². The summed E-state index contributed by atoms with van der Waals surface area (Å²) in [5.74, 6) is 0.440. The van der Waals surface area contributed by atoms with Crippen molar-refractivity contribution in [3.8, 4) is 17.4 Å². The second kappa shape index (κ2) is 7.57. The smallest absolute Gasteiger partial charge is 0.302 e. The Balaban J connectivity index is 1.70. The Labute approximate surface area is 157 Å². The third-order valence-electron chi connectivity index (χ3n) is 3.66. The van der Waals surface area contributed by atoms with Crippen LogP contribution in [0.3, 0.4) is 0 Å². The number of halogens is 1. The standard InChI is InChI=1S/C18H16BrN3O4/c1-10-3-5-14-12(7-10)17(18(24)20-14)22-21-16(23)9-26-15-6-4-11(25-2)8-13(15)19/h3-8,20,24H,9H2,1-2H3. The summed E-state index contributed by atoms with van der Waals surface area (Å²) in [4.78, 5) is 14.7. The van der Waals surface area contributed by atoms with E-state index in [2.05, 4.69) is 31.1 Å². The molecule has 0 fully saturated rings. The van der Waals surface area contributed by atoms with Crippen LogP contribution in [0.5, 0.6) is 17.4 Å². The van der Waals surface area contributed by atoms with Gasteiger partial charge in [0.2, 0.25) is 5.88 Å². The molecule has 0 spiro atoms. The number of nitrogens with zero attached hydrogens (tertiary/aromatic N) is 2. The van der Waals surface area contributed by atoms with E-state index >= 15 is 0 Å². The van der Waals surface area contributed by atoms with Crippen LogP contribution in [0.4, 0.5) is 5.69 Å².